The standard InChI is InChI=1S/C18H23O2P/c1-11-7-15(8-12(2)17(11)19-5)21-16-9-13(3)18(20-6)14(4)10-16/h7-10,21H,1-6H3. The average Bonchev–Trinajstić information content (AvgIpc) is 2.38. The van der Waals surface area contributed by atoms with Crippen LogP contribution >= 0.6 is 8.58 Å². The van der Waals surface area contributed by atoms with Crippen LogP contribution in [0.1, 0.15) is 22.3 Å². The number of hydrogen-bond acceptors (Lipinski definition) is 2. The highest BCUT2D eigenvalue weighted by atomic mass is 31.1. The summed E-state index contributed by atoms with van der Waals surface area (Å²) in [5.74, 6) is 1.98. The monoisotopic (exact) mass is 302 g/mol. The molecule has 0 N–H and O–H groups in total. The van der Waals surface area contributed by atoms with E-state index in [0.29, 0.717) is 8.58 Å². The fourth-order valence-corrected chi connectivity index (χ4v) is 4.34. The van der Waals surface area contributed by atoms with Gasteiger partial charge in [-0.2, -0.15) is 0 Å². The second-order valence-electron chi connectivity index (χ2n) is 5.41. The summed E-state index contributed by atoms with van der Waals surface area (Å²) in [5, 5.41) is 2.68. The minimum absolute atomic E-state index is 0.647. The van der Waals surface area contributed by atoms with Crippen molar-refractivity contribution in [1.29, 1.82) is 0 Å². The van der Waals surface area contributed by atoms with Gasteiger partial charge in [-0.25, -0.2) is 0 Å². The van der Waals surface area contributed by atoms with Crippen molar-refractivity contribution < 1.29 is 9.47 Å². The van der Waals surface area contributed by atoms with Gasteiger partial charge in [-0.1, -0.05) is 8.58 Å². The molecule has 0 aliphatic heterocycles. The van der Waals surface area contributed by atoms with Crippen LogP contribution < -0.4 is 20.1 Å². The Morgan fingerprint density at radius 3 is 1.14 bits per heavy atom. The fourth-order valence-electron chi connectivity index (χ4n) is 2.86. The van der Waals surface area contributed by atoms with Gasteiger partial charge in [0.1, 0.15) is 11.5 Å². The molecule has 2 nitrogen and oxygen atoms in total. The molecule has 0 fully saturated rings. The Bertz CT molecular complexity index is 559. The van der Waals surface area contributed by atoms with Crippen molar-refractivity contribution in [3.05, 3.63) is 46.5 Å². The number of hydrogen-bond donors (Lipinski definition) is 0. The second-order valence-corrected chi connectivity index (χ2v) is 6.82. The van der Waals surface area contributed by atoms with Crippen LogP contribution in [0, 0.1) is 27.7 Å². The molecule has 0 aliphatic carbocycles. The van der Waals surface area contributed by atoms with Gasteiger partial charge >= 0.3 is 0 Å². The molecule has 0 aromatic heterocycles. The largest absolute Gasteiger partial charge is 0.496 e. The summed E-state index contributed by atoms with van der Waals surface area (Å²) in [5.41, 5.74) is 4.79. The van der Waals surface area contributed by atoms with E-state index in [0.717, 1.165) is 11.5 Å². The maximum absolute atomic E-state index is 5.44. The first-order chi connectivity index (χ1) is 9.96. The van der Waals surface area contributed by atoms with Gasteiger partial charge in [0.05, 0.1) is 14.2 Å². The molecule has 2 aromatic rings. The Balaban J connectivity index is 2.35. The quantitative estimate of drug-likeness (QED) is 0.804. The molecule has 0 heterocycles. The van der Waals surface area contributed by atoms with Crippen LogP contribution in [0.5, 0.6) is 11.5 Å². The summed E-state index contributed by atoms with van der Waals surface area (Å²) < 4.78 is 10.9. The number of aryl methyl sites for hydroxylation is 4. The van der Waals surface area contributed by atoms with Gasteiger partial charge in [0.2, 0.25) is 0 Å². The molecule has 3 heteroatoms. The molecule has 21 heavy (non-hydrogen) atoms. The van der Waals surface area contributed by atoms with Crippen LogP contribution in [-0.2, 0) is 0 Å². The van der Waals surface area contributed by atoms with Crippen molar-refractivity contribution >= 4 is 19.2 Å². The number of methoxy groups -OCH3 is 2. The summed E-state index contributed by atoms with van der Waals surface area (Å²) in [4.78, 5) is 0. The van der Waals surface area contributed by atoms with Gasteiger partial charge in [0.25, 0.3) is 0 Å². The predicted octanol–water partition coefficient (Wildman–Crippen LogP) is 3.57. The van der Waals surface area contributed by atoms with E-state index < -0.39 is 0 Å². The summed E-state index contributed by atoms with van der Waals surface area (Å²) in [6.07, 6.45) is 0. The Kier molecular flexibility index (Phi) is 4.90. The molecular formula is C18H23O2P. The second kappa shape index (κ2) is 6.49. The van der Waals surface area contributed by atoms with Crippen molar-refractivity contribution in [3.63, 3.8) is 0 Å². The molecule has 112 valence electrons. The van der Waals surface area contributed by atoms with Crippen LogP contribution in [0.25, 0.3) is 0 Å². The molecule has 0 aliphatic rings. The van der Waals surface area contributed by atoms with Crippen molar-refractivity contribution in [3.8, 4) is 11.5 Å². The van der Waals surface area contributed by atoms with Crippen molar-refractivity contribution in [2.75, 3.05) is 14.2 Å². The van der Waals surface area contributed by atoms with Crippen molar-refractivity contribution in [1.82, 2.24) is 0 Å². The lowest BCUT2D eigenvalue weighted by atomic mass is 10.1. The van der Waals surface area contributed by atoms with Gasteiger partial charge in [-0.3, -0.25) is 0 Å². The molecule has 0 spiro atoms. The summed E-state index contributed by atoms with van der Waals surface area (Å²) >= 11 is 0. The number of ether oxygens (including phenoxy) is 2. The minimum atomic E-state index is 0.647. The zero-order valence-electron chi connectivity index (χ0n) is 13.6. The lowest BCUT2D eigenvalue weighted by Gasteiger charge is -2.14. The van der Waals surface area contributed by atoms with E-state index >= 15 is 0 Å². The topological polar surface area (TPSA) is 18.5 Å². The predicted molar refractivity (Wildman–Crippen MR) is 92.5 cm³/mol. The molecule has 0 saturated heterocycles. The zero-order valence-corrected chi connectivity index (χ0v) is 14.6. The SMILES string of the molecule is COc1c(C)cc(Pc2cc(C)c(OC)c(C)c2)cc1C. The maximum atomic E-state index is 5.44. The highest BCUT2D eigenvalue weighted by molar-refractivity contribution is 7.55. The summed E-state index contributed by atoms with van der Waals surface area (Å²) in [7, 11) is 4.11. The number of rotatable bonds is 4. The third-order valence-electron chi connectivity index (χ3n) is 3.62. The van der Waals surface area contributed by atoms with Gasteiger partial charge in [0.15, 0.2) is 0 Å². The Labute approximate surface area is 129 Å². The minimum Gasteiger partial charge on any atom is -0.496 e. The van der Waals surface area contributed by atoms with E-state index in [9.17, 15) is 0 Å². The van der Waals surface area contributed by atoms with Gasteiger partial charge < -0.3 is 9.47 Å². The molecule has 2 aromatic carbocycles. The molecule has 0 amide bonds. The summed E-state index contributed by atoms with van der Waals surface area (Å²) in [6.45, 7) is 8.41. The van der Waals surface area contributed by atoms with Crippen molar-refractivity contribution in [2.24, 2.45) is 0 Å². The van der Waals surface area contributed by atoms with E-state index in [1.54, 1.807) is 14.2 Å². The van der Waals surface area contributed by atoms with Crippen LogP contribution in [-0.4, -0.2) is 14.2 Å². The van der Waals surface area contributed by atoms with E-state index in [2.05, 4.69) is 52.0 Å². The fraction of sp³-hybridized carbons (Fsp3) is 0.333. The third-order valence-corrected chi connectivity index (χ3v) is 4.77. The van der Waals surface area contributed by atoms with E-state index in [1.807, 2.05) is 0 Å². The van der Waals surface area contributed by atoms with Crippen LogP contribution in [0.4, 0.5) is 0 Å². The zero-order chi connectivity index (χ0) is 15.6. The van der Waals surface area contributed by atoms with Crippen LogP contribution in [0.15, 0.2) is 24.3 Å². The maximum Gasteiger partial charge on any atom is 0.124 e. The third kappa shape index (κ3) is 3.39. The van der Waals surface area contributed by atoms with Crippen molar-refractivity contribution in [2.45, 2.75) is 27.7 Å². The lowest BCUT2D eigenvalue weighted by Crippen LogP contribution is -2.08. The molecule has 0 saturated carbocycles. The Morgan fingerprint density at radius 2 is 0.905 bits per heavy atom. The highest BCUT2D eigenvalue weighted by Crippen LogP contribution is 2.27. The summed E-state index contributed by atoms with van der Waals surface area (Å²) in [6, 6.07) is 8.89. The van der Waals surface area contributed by atoms with E-state index in [1.165, 1.54) is 32.9 Å². The molecule has 0 radical (unpaired) electrons. The molecule has 0 atom stereocenters. The van der Waals surface area contributed by atoms with Gasteiger partial charge in [-0.05, 0) is 84.8 Å². The first-order valence-corrected chi connectivity index (χ1v) is 8.03. The first kappa shape index (κ1) is 15.9. The molecular weight excluding hydrogens is 279 g/mol. The first-order valence-electron chi connectivity index (χ1n) is 7.03. The lowest BCUT2D eigenvalue weighted by molar-refractivity contribution is 0.408. The Morgan fingerprint density at radius 1 is 0.619 bits per heavy atom. The van der Waals surface area contributed by atoms with Crippen LogP contribution in [0.3, 0.4) is 0 Å². The Hall–Kier alpha value is -1.53. The molecule has 0 unspecified atom stereocenters. The van der Waals surface area contributed by atoms with E-state index in [-0.39, 0.29) is 0 Å². The van der Waals surface area contributed by atoms with Crippen LogP contribution in [0.2, 0.25) is 0 Å². The van der Waals surface area contributed by atoms with Gasteiger partial charge in [0, 0.05) is 0 Å². The number of benzene rings is 2. The molecule has 0 bridgehead atoms. The van der Waals surface area contributed by atoms with Gasteiger partial charge in [-0.15, -0.1) is 0 Å². The highest BCUT2D eigenvalue weighted by Gasteiger charge is 2.09. The average molecular weight is 302 g/mol. The normalized spacial score (nSPS) is 10.6. The smallest absolute Gasteiger partial charge is 0.124 e. The van der Waals surface area contributed by atoms with E-state index in [4.69, 9.17) is 9.47 Å². The molecule has 2 rings (SSSR count).